The molecular formula is C13H24N2O2S. The highest BCUT2D eigenvalue weighted by Crippen LogP contribution is 2.31. The predicted molar refractivity (Wildman–Crippen MR) is 76.2 cm³/mol. The number of likely N-dealkylation sites (tertiary alicyclic amines) is 1. The number of thiocarbonyl (C=S) groups is 1. The fourth-order valence-corrected chi connectivity index (χ4v) is 3.00. The van der Waals surface area contributed by atoms with Crippen molar-refractivity contribution >= 4 is 23.1 Å². The molecule has 1 fully saturated rings. The van der Waals surface area contributed by atoms with Gasteiger partial charge in [0.1, 0.15) is 0 Å². The number of carbonyl (C=O) groups excluding carboxylic acids is 1. The van der Waals surface area contributed by atoms with Gasteiger partial charge in [0, 0.05) is 13.1 Å². The van der Waals surface area contributed by atoms with Crippen molar-refractivity contribution in [3.05, 3.63) is 0 Å². The Balaban J connectivity index is 2.88. The molecule has 0 bridgehead atoms. The maximum Gasteiger partial charge on any atom is 0.235 e. The van der Waals surface area contributed by atoms with E-state index in [1.807, 2.05) is 25.7 Å². The second-order valence-corrected chi connectivity index (χ2v) is 5.68. The SMILES string of the molecule is CCC(CC)(C(=O)N1CCC(O)C(C)C1)C(N)=S. The van der Waals surface area contributed by atoms with Crippen LogP contribution in [0.15, 0.2) is 0 Å². The van der Waals surface area contributed by atoms with Gasteiger partial charge in [0.05, 0.1) is 16.5 Å². The zero-order chi connectivity index (χ0) is 13.9. The summed E-state index contributed by atoms with van der Waals surface area (Å²) >= 11 is 5.11. The average Bonchev–Trinajstić information content (AvgIpc) is 2.34. The van der Waals surface area contributed by atoms with Crippen LogP contribution in [0.3, 0.4) is 0 Å². The molecule has 0 spiro atoms. The first-order chi connectivity index (χ1) is 8.39. The monoisotopic (exact) mass is 272 g/mol. The second kappa shape index (κ2) is 5.97. The number of aliphatic hydroxyl groups excluding tert-OH is 1. The van der Waals surface area contributed by atoms with Gasteiger partial charge in [-0.05, 0) is 25.2 Å². The van der Waals surface area contributed by atoms with Crippen LogP contribution in [0.2, 0.25) is 0 Å². The summed E-state index contributed by atoms with van der Waals surface area (Å²) in [7, 11) is 0. The Labute approximate surface area is 115 Å². The fraction of sp³-hybridized carbons (Fsp3) is 0.846. The van der Waals surface area contributed by atoms with Crippen LogP contribution in [0.25, 0.3) is 0 Å². The van der Waals surface area contributed by atoms with Gasteiger partial charge < -0.3 is 15.7 Å². The lowest BCUT2D eigenvalue weighted by atomic mass is 9.80. The average molecular weight is 272 g/mol. The van der Waals surface area contributed by atoms with E-state index in [0.717, 1.165) is 0 Å². The van der Waals surface area contributed by atoms with Gasteiger partial charge in [-0.1, -0.05) is 33.0 Å². The van der Waals surface area contributed by atoms with E-state index in [4.69, 9.17) is 18.0 Å². The van der Waals surface area contributed by atoms with E-state index in [2.05, 4.69) is 0 Å². The zero-order valence-corrected chi connectivity index (χ0v) is 12.3. The molecule has 1 amide bonds. The third-order valence-electron chi connectivity index (χ3n) is 4.24. The van der Waals surface area contributed by atoms with E-state index in [1.165, 1.54) is 0 Å². The number of aliphatic hydroxyl groups is 1. The zero-order valence-electron chi connectivity index (χ0n) is 11.5. The normalized spacial score (nSPS) is 25.0. The van der Waals surface area contributed by atoms with E-state index >= 15 is 0 Å². The summed E-state index contributed by atoms with van der Waals surface area (Å²) < 4.78 is 0. The number of amides is 1. The Hall–Kier alpha value is -0.680. The van der Waals surface area contributed by atoms with Gasteiger partial charge in [0.25, 0.3) is 0 Å². The lowest BCUT2D eigenvalue weighted by molar-refractivity contribution is -0.142. The van der Waals surface area contributed by atoms with Crippen molar-refractivity contribution in [1.29, 1.82) is 0 Å². The smallest absolute Gasteiger partial charge is 0.235 e. The van der Waals surface area contributed by atoms with Crippen LogP contribution in [0.5, 0.6) is 0 Å². The second-order valence-electron chi connectivity index (χ2n) is 5.24. The summed E-state index contributed by atoms with van der Waals surface area (Å²) in [5.74, 6) is 0.138. The van der Waals surface area contributed by atoms with Gasteiger partial charge in [-0.2, -0.15) is 0 Å². The molecule has 1 rings (SSSR count). The van der Waals surface area contributed by atoms with E-state index in [-0.39, 0.29) is 22.9 Å². The van der Waals surface area contributed by atoms with Crippen LogP contribution in [0.4, 0.5) is 0 Å². The molecule has 0 radical (unpaired) electrons. The van der Waals surface area contributed by atoms with Gasteiger partial charge in [0.2, 0.25) is 5.91 Å². The Morgan fingerprint density at radius 3 is 2.44 bits per heavy atom. The predicted octanol–water partition coefficient (Wildman–Crippen LogP) is 1.31. The minimum Gasteiger partial charge on any atom is -0.393 e. The van der Waals surface area contributed by atoms with E-state index < -0.39 is 5.41 Å². The Bertz CT molecular complexity index is 329. The van der Waals surface area contributed by atoms with Crippen molar-refractivity contribution < 1.29 is 9.90 Å². The molecule has 4 nitrogen and oxygen atoms in total. The highest BCUT2D eigenvalue weighted by atomic mass is 32.1. The third kappa shape index (κ3) is 2.67. The number of hydrogen-bond acceptors (Lipinski definition) is 3. The van der Waals surface area contributed by atoms with Gasteiger partial charge >= 0.3 is 0 Å². The number of hydrogen-bond donors (Lipinski definition) is 2. The summed E-state index contributed by atoms with van der Waals surface area (Å²) in [6.45, 7) is 7.04. The van der Waals surface area contributed by atoms with Crippen LogP contribution in [-0.4, -0.2) is 40.1 Å². The van der Waals surface area contributed by atoms with Crippen LogP contribution in [-0.2, 0) is 4.79 Å². The molecule has 1 aliphatic heterocycles. The fourth-order valence-electron chi connectivity index (χ4n) is 2.63. The number of nitrogens with two attached hydrogens (primary N) is 1. The number of rotatable bonds is 4. The van der Waals surface area contributed by atoms with Gasteiger partial charge in [-0.15, -0.1) is 0 Å². The molecule has 3 N–H and O–H groups in total. The molecule has 0 aliphatic carbocycles. The number of carbonyl (C=O) groups is 1. The summed E-state index contributed by atoms with van der Waals surface area (Å²) in [6, 6.07) is 0. The largest absolute Gasteiger partial charge is 0.393 e. The van der Waals surface area contributed by atoms with Crippen LogP contribution >= 0.6 is 12.2 Å². The summed E-state index contributed by atoms with van der Waals surface area (Å²) in [4.78, 5) is 14.8. The van der Waals surface area contributed by atoms with E-state index in [1.54, 1.807) is 0 Å². The standard InChI is InChI=1S/C13H24N2O2S/c1-4-13(5-2,11(14)18)12(17)15-7-6-10(16)9(3)8-15/h9-10,16H,4-8H2,1-3H3,(H2,14,18). The maximum absolute atomic E-state index is 12.7. The maximum atomic E-state index is 12.7. The summed E-state index contributed by atoms with van der Waals surface area (Å²) in [5, 5.41) is 9.72. The van der Waals surface area contributed by atoms with Crippen molar-refractivity contribution in [3.8, 4) is 0 Å². The molecule has 0 aromatic carbocycles. The van der Waals surface area contributed by atoms with Crippen LogP contribution in [0.1, 0.15) is 40.0 Å². The molecule has 1 heterocycles. The van der Waals surface area contributed by atoms with E-state index in [9.17, 15) is 9.90 Å². The minimum absolute atomic E-state index is 0.0266. The lowest BCUT2D eigenvalue weighted by Gasteiger charge is -2.40. The van der Waals surface area contributed by atoms with Gasteiger partial charge in [0.15, 0.2) is 0 Å². The molecule has 1 aliphatic rings. The first-order valence-corrected chi connectivity index (χ1v) is 7.07. The molecule has 0 aromatic heterocycles. The Morgan fingerprint density at radius 1 is 1.50 bits per heavy atom. The van der Waals surface area contributed by atoms with Crippen molar-refractivity contribution in [1.82, 2.24) is 4.90 Å². The van der Waals surface area contributed by atoms with E-state index in [0.29, 0.717) is 32.4 Å². The van der Waals surface area contributed by atoms with Crippen molar-refractivity contribution in [2.24, 2.45) is 17.1 Å². The first kappa shape index (κ1) is 15.4. The molecular weight excluding hydrogens is 248 g/mol. The van der Waals surface area contributed by atoms with Crippen molar-refractivity contribution in [3.63, 3.8) is 0 Å². The first-order valence-electron chi connectivity index (χ1n) is 6.66. The molecule has 104 valence electrons. The molecule has 5 heteroatoms. The highest BCUT2D eigenvalue weighted by Gasteiger charge is 2.42. The summed E-state index contributed by atoms with van der Waals surface area (Å²) in [5.41, 5.74) is 5.09. The summed E-state index contributed by atoms with van der Waals surface area (Å²) in [6.07, 6.45) is 1.58. The van der Waals surface area contributed by atoms with Crippen LogP contribution in [0, 0.1) is 11.3 Å². The van der Waals surface area contributed by atoms with Crippen LogP contribution < -0.4 is 5.73 Å². The molecule has 0 saturated carbocycles. The molecule has 1 saturated heterocycles. The molecule has 2 unspecified atom stereocenters. The van der Waals surface area contributed by atoms with Gasteiger partial charge in [-0.25, -0.2) is 0 Å². The lowest BCUT2D eigenvalue weighted by Crippen LogP contribution is -2.54. The minimum atomic E-state index is -0.711. The molecule has 2 atom stereocenters. The molecule has 0 aromatic rings. The van der Waals surface area contributed by atoms with Crippen molar-refractivity contribution in [2.75, 3.05) is 13.1 Å². The molecule has 18 heavy (non-hydrogen) atoms. The van der Waals surface area contributed by atoms with Crippen molar-refractivity contribution in [2.45, 2.75) is 46.1 Å². The Morgan fingerprint density at radius 2 is 2.06 bits per heavy atom. The quantitative estimate of drug-likeness (QED) is 0.757. The number of piperidine rings is 1. The highest BCUT2D eigenvalue weighted by molar-refractivity contribution is 7.80. The van der Waals surface area contributed by atoms with Gasteiger partial charge in [-0.3, -0.25) is 4.79 Å². The third-order valence-corrected chi connectivity index (χ3v) is 4.63. The number of nitrogens with zero attached hydrogens (tertiary/aromatic N) is 1. The topological polar surface area (TPSA) is 66.6 Å². The Kier molecular flexibility index (Phi) is 5.10.